The number of para-hydroxylation sites is 2. The van der Waals surface area contributed by atoms with Crippen molar-refractivity contribution in [2.75, 3.05) is 0 Å². The summed E-state index contributed by atoms with van der Waals surface area (Å²) in [6.45, 7) is 0. The topological polar surface area (TPSA) is 43.1 Å². The van der Waals surface area contributed by atoms with Gasteiger partial charge >= 0.3 is 21.1 Å². The summed E-state index contributed by atoms with van der Waals surface area (Å²) in [7, 11) is 0. The molecule has 5 heteroatoms. The minimum Gasteiger partial charge on any atom is -0.335 e. The predicted octanol–water partition coefficient (Wildman–Crippen LogP) is 9.23. The number of fused-ring (bicyclic) bond motifs is 8. The van der Waals surface area contributed by atoms with Gasteiger partial charge in [-0.2, -0.15) is 0 Å². The van der Waals surface area contributed by atoms with Crippen molar-refractivity contribution >= 4 is 38.5 Å². The third-order valence-corrected chi connectivity index (χ3v) is 8.97. The molecule has 0 radical (unpaired) electrons. The van der Waals surface area contributed by atoms with E-state index in [0.717, 1.165) is 72.0 Å². The Bertz CT molecular complexity index is 2490. The molecule has 0 atom stereocenters. The van der Waals surface area contributed by atoms with Gasteiger partial charge in [0.25, 0.3) is 0 Å². The molecule has 0 aliphatic rings. The summed E-state index contributed by atoms with van der Waals surface area (Å²) in [6, 6.07) is 58.3. The van der Waals surface area contributed by atoms with Crippen molar-refractivity contribution in [1.29, 1.82) is 0 Å². The van der Waals surface area contributed by atoms with Crippen molar-refractivity contribution in [1.82, 2.24) is 19.4 Å². The largest absolute Gasteiger partial charge is 2.00 e. The Labute approximate surface area is 286 Å². The van der Waals surface area contributed by atoms with Crippen LogP contribution in [-0.2, 0) is 26.5 Å². The summed E-state index contributed by atoms with van der Waals surface area (Å²) in [6.07, 6.45) is 3.68. The van der Waals surface area contributed by atoms with E-state index in [4.69, 9.17) is 9.97 Å². The molecule has 0 unspecified atom stereocenters. The Hall–Kier alpha value is -5.44. The van der Waals surface area contributed by atoms with E-state index in [9.17, 15) is 0 Å². The Balaban J connectivity index is 0.00000324. The number of aromatic nitrogens is 4. The minimum atomic E-state index is -0.742. The fraction of sp³-hybridized carbons (Fsp3) is 0.0238. The second-order valence-corrected chi connectivity index (χ2v) is 11.5. The van der Waals surface area contributed by atoms with Crippen molar-refractivity contribution in [3.05, 3.63) is 192 Å². The zero-order valence-electron chi connectivity index (χ0n) is 25.1. The number of rotatable bonds is 5. The van der Waals surface area contributed by atoms with E-state index in [1.54, 1.807) is 0 Å². The molecule has 224 valence electrons. The van der Waals surface area contributed by atoms with Gasteiger partial charge in [0.15, 0.2) is 0 Å². The SMILES string of the molecule is [Pt+2].[c-]1c(-c2ccccn2)cccc1C(c1[c-]c2c3ncccc3c3nc4ccccc4n3c2cc1)(c1ccccc1)c1ccccc1. The monoisotopic (exact) mass is 781 g/mol. The van der Waals surface area contributed by atoms with Crippen LogP contribution in [0.2, 0.25) is 0 Å². The van der Waals surface area contributed by atoms with Gasteiger partial charge < -0.3 is 14.4 Å². The third-order valence-electron chi connectivity index (χ3n) is 8.97. The summed E-state index contributed by atoms with van der Waals surface area (Å²) in [5.41, 5.74) is 10.1. The van der Waals surface area contributed by atoms with Gasteiger partial charge in [-0.1, -0.05) is 91.0 Å². The molecule has 0 saturated carbocycles. The summed E-state index contributed by atoms with van der Waals surface area (Å²) < 4.78 is 2.25. The van der Waals surface area contributed by atoms with E-state index >= 15 is 0 Å². The molecule has 9 rings (SSSR count). The fourth-order valence-corrected chi connectivity index (χ4v) is 6.98. The molecule has 0 spiro atoms. The molecule has 0 bridgehead atoms. The second kappa shape index (κ2) is 11.7. The van der Waals surface area contributed by atoms with E-state index in [1.165, 1.54) is 0 Å². The van der Waals surface area contributed by atoms with Crippen LogP contribution in [0, 0.1) is 12.1 Å². The van der Waals surface area contributed by atoms with Crippen LogP contribution in [0.15, 0.2) is 158 Å². The molecule has 0 saturated heterocycles. The maximum absolute atomic E-state index is 5.04. The van der Waals surface area contributed by atoms with E-state index in [-0.39, 0.29) is 21.1 Å². The van der Waals surface area contributed by atoms with Crippen molar-refractivity contribution in [3.8, 4) is 11.3 Å². The van der Waals surface area contributed by atoms with E-state index in [2.05, 4.69) is 137 Å². The third kappa shape index (κ3) is 4.52. The Kier molecular flexibility index (Phi) is 7.24. The Morgan fingerprint density at radius 1 is 0.532 bits per heavy atom. The molecular formula is C42H26N4Pt. The van der Waals surface area contributed by atoms with Crippen LogP contribution in [0.4, 0.5) is 0 Å². The number of pyridine rings is 3. The van der Waals surface area contributed by atoms with E-state index < -0.39 is 5.41 Å². The van der Waals surface area contributed by atoms with Crippen LogP contribution in [0.25, 0.3) is 49.7 Å². The van der Waals surface area contributed by atoms with Gasteiger partial charge in [0.1, 0.15) is 5.65 Å². The number of benzene rings is 5. The van der Waals surface area contributed by atoms with Crippen molar-refractivity contribution in [3.63, 3.8) is 0 Å². The zero-order chi connectivity index (χ0) is 30.5. The van der Waals surface area contributed by atoms with Crippen molar-refractivity contribution in [2.45, 2.75) is 5.41 Å². The van der Waals surface area contributed by atoms with Gasteiger partial charge in [0, 0.05) is 28.7 Å². The van der Waals surface area contributed by atoms with Gasteiger partial charge in [0.05, 0.1) is 11.0 Å². The minimum absolute atomic E-state index is 0. The average Bonchev–Trinajstić information content (AvgIpc) is 3.54. The quantitative estimate of drug-likeness (QED) is 0.0995. The Morgan fingerprint density at radius 3 is 2.00 bits per heavy atom. The van der Waals surface area contributed by atoms with Crippen molar-refractivity contribution in [2.24, 2.45) is 0 Å². The van der Waals surface area contributed by atoms with Crippen LogP contribution < -0.4 is 0 Å². The van der Waals surface area contributed by atoms with Crippen LogP contribution in [0.3, 0.4) is 0 Å². The first-order chi connectivity index (χ1) is 22.8. The fourth-order valence-electron chi connectivity index (χ4n) is 6.98. The number of hydrogen-bond donors (Lipinski definition) is 0. The summed E-state index contributed by atoms with van der Waals surface area (Å²) in [5.74, 6) is 0. The standard InChI is InChI=1S/C42H26N4.Pt/c1-3-14-30(15-4-1)42(31-16-5-2-6-17-31,32-18-11-13-29(27-32)36-20-9-10-25-43-36)33-23-24-38-35(28-33)40-34(19-12-26-44-40)41-45-37-21-7-8-22-39(37)46(38)41;/h1-26H;/q-2;+2. The van der Waals surface area contributed by atoms with E-state index in [1.807, 2.05) is 42.7 Å². The van der Waals surface area contributed by atoms with Gasteiger partial charge in [-0.05, 0) is 46.6 Å². The molecule has 5 aromatic carbocycles. The van der Waals surface area contributed by atoms with Gasteiger partial charge in [-0.25, -0.2) is 4.98 Å². The normalized spacial score (nSPS) is 11.7. The molecule has 4 nitrogen and oxygen atoms in total. The summed E-state index contributed by atoms with van der Waals surface area (Å²) >= 11 is 0. The molecule has 0 aliphatic carbocycles. The number of imidazole rings is 1. The van der Waals surface area contributed by atoms with Gasteiger partial charge in [0.2, 0.25) is 0 Å². The van der Waals surface area contributed by atoms with Gasteiger partial charge in [-0.3, -0.25) is 0 Å². The number of hydrogen-bond acceptors (Lipinski definition) is 3. The summed E-state index contributed by atoms with van der Waals surface area (Å²) in [5, 5.41) is 1.94. The zero-order valence-corrected chi connectivity index (χ0v) is 27.4. The maximum Gasteiger partial charge on any atom is 2.00 e. The molecule has 0 aliphatic heterocycles. The first-order valence-corrected chi connectivity index (χ1v) is 15.4. The Morgan fingerprint density at radius 2 is 1.23 bits per heavy atom. The van der Waals surface area contributed by atoms with Crippen molar-refractivity contribution < 1.29 is 21.1 Å². The molecule has 0 fully saturated rings. The van der Waals surface area contributed by atoms with Crippen LogP contribution in [0.1, 0.15) is 22.3 Å². The first-order valence-electron chi connectivity index (χ1n) is 15.4. The molecule has 0 N–H and O–H groups in total. The van der Waals surface area contributed by atoms with Crippen LogP contribution in [-0.4, -0.2) is 19.4 Å². The predicted molar refractivity (Wildman–Crippen MR) is 185 cm³/mol. The average molecular weight is 782 g/mol. The molecule has 9 aromatic rings. The second-order valence-electron chi connectivity index (χ2n) is 11.5. The smallest absolute Gasteiger partial charge is 0.335 e. The molecule has 4 aromatic heterocycles. The molecule has 0 amide bonds. The van der Waals surface area contributed by atoms with Crippen LogP contribution in [0.5, 0.6) is 0 Å². The maximum atomic E-state index is 5.04. The molecular weight excluding hydrogens is 756 g/mol. The first kappa shape index (κ1) is 29.0. The van der Waals surface area contributed by atoms with Gasteiger partial charge in [-0.15, -0.1) is 64.5 Å². The number of nitrogens with zero attached hydrogens (tertiary/aromatic N) is 4. The molecule has 47 heavy (non-hydrogen) atoms. The van der Waals surface area contributed by atoms with Crippen LogP contribution >= 0.6 is 0 Å². The van der Waals surface area contributed by atoms with E-state index in [0.29, 0.717) is 0 Å². The molecule has 4 heterocycles. The summed E-state index contributed by atoms with van der Waals surface area (Å²) in [4.78, 5) is 14.6.